The first-order valence-corrected chi connectivity index (χ1v) is 7.02. The van der Waals surface area contributed by atoms with E-state index in [0.717, 1.165) is 6.07 Å². The number of halogens is 4. The lowest BCUT2D eigenvalue weighted by atomic mass is 10.1. The molecule has 0 spiro atoms. The maximum Gasteiger partial charge on any atom is 0.416 e. The van der Waals surface area contributed by atoms with Gasteiger partial charge in [0, 0.05) is 11.1 Å². The summed E-state index contributed by atoms with van der Waals surface area (Å²) in [6, 6.07) is 5.90. The Kier molecular flexibility index (Phi) is 5.17. The van der Waals surface area contributed by atoms with Crippen molar-refractivity contribution in [2.45, 2.75) is 6.18 Å². The highest BCUT2D eigenvalue weighted by atomic mass is 35.5. The number of nitrogens with zero attached hydrogens (tertiary/aromatic N) is 1. The maximum atomic E-state index is 12.7. The van der Waals surface area contributed by atoms with Gasteiger partial charge in [0.05, 0.1) is 23.2 Å². The van der Waals surface area contributed by atoms with Crippen LogP contribution in [-0.4, -0.2) is 17.9 Å². The molecule has 132 valence electrons. The normalized spacial score (nSPS) is 11.1. The molecule has 0 heterocycles. The minimum absolute atomic E-state index is 0.0149. The van der Waals surface area contributed by atoms with Gasteiger partial charge in [0.15, 0.2) is 0 Å². The molecule has 0 unspecified atom stereocenters. The number of hydrogen-bond donors (Lipinski definition) is 1. The molecule has 2 aromatic rings. The SMILES string of the molecule is COc1cc(Cl)ccc1C(=O)Nc1ccc(C(F)(F)F)cc1[N+](=O)[O-]. The number of carbonyl (C=O) groups is 1. The molecule has 0 aliphatic rings. The van der Waals surface area contributed by atoms with Gasteiger partial charge < -0.3 is 10.1 Å². The molecule has 0 radical (unpaired) electrons. The van der Waals surface area contributed by atoms with Crippen LogP contribution >= 0.6 is 11.6 Å². The van der Waals surface area contributed by atoms with Gasteiger partial charge in [0.2, 0.25) is 0 Å². The van der Waals surface area contributed by atoms with Crippen molar-refractivity contribution in [1.29, 1.82) is 0 Å². The molecule has 25 heavy (non-hydrogen) atoms. The molecule has 0 saturated heterocycles. The number of anilines is 1. The number of benzene rings is 2. The fourth-order valence-electron chi connectivity index (χ4n) is 2.01. The quantitative estimate of drug-likeness (QED) is 0.629. The molecule has 0 fully saturated rings. The highest BCUT2D eigenvalue weighted by Gasteiger charge is 2.33. The Morgan fingerprint density at radius 2 is 1.92 bits per heavy atom. The Morgan fingerprint density at radius 3 is 2.48 bits per heavy atom. The predicted octanol–water partition coefficient (Wildman–Crippen LogP) is 4.53. The van der Waals surface area contributed by atoms with Crippen molar-refractivity contribution >= 4 is 28.9 Å². The molecule has 1 amide bonds. The number of rotatable bonds is 4. The first-order valence-electron chi connectivity index (χ1n) is 6.64. The zero-order valence-corrected chi connectivity index (χ0v) is 13.3. The van der Waals surface area contributed by atoms with Crippen LogP contribution in [0.15, 0.2) is 36.4 Å². The Labute approximate surface area is 144 Å². The van der Waals surface area contributed by atoms with Gasteiger partial charge in [-0.25, -0.2) is 0 Å². The van der Waals surface area contributed by atoms with Crippen LogP contribution in [0.5, 0.6) is 5.75 Å². The summed E-state index contributed by atoms with van der Waals surface area (Å²) >= 11 is 5.78. The van der Waals surface area contributed by atoms with Gasteiger partial charge in [-0.15, -0.1) is 0 Å². The Hall–Kier alpha value is -2.81. The molecule has 2 aromatic carbocycles. The van der Waals surface area contributed by atoms with Crippen molar-refractivity contribution in [3.05, 3.63) is 62.7 Å². The van der Waals surface area contributed by atoms with Crippen LogP contribution in [-0.2, 0) is 6.18 Å². The summed E-state index contributed by atoms with van der Waals surface area (Å²) in [5.41, 5.74) is -2.43. The second-order valence-electron chi connectivity index (χ2n) is 4.79. The predicted molar refractivity (Wildman–Crippen MR) is 84.1 cm³/mol. The lowest BCUT2D eigenvalue weighted by molar-refractivity contribution is -0.384. The molecule has 2 rings (SSSR count). The van der Waals surface area contributed by atoms with E-state index >= 15 is 0 Å². The molecular formula is C15H10ClF3N2O4. The van der Waals surface area contributed by atoms with Crippen LogP contribution in [0, 0.1) is 10.1 Å². The van der Waals surface area contributed by atoms with Crippen molar-refractivity contribution in [2.24, 2.45) is 0 Å². The van der Waals surface area contributed by atoms with E-state index in [2.05, 4.69) is 5.32 Å². The number of nitrogens with one attached hydrogen (secondary N) is 1. The van der Waals surface area contributed by atoms with Gasteiger partial charge in [-0.1, -0.05) is 11.6 Å². The average molecular weight is 375 g/mol. The van der Waals surface area contributed by atoms with E-state index < -0.39 is 28.3 Å². The molecule has 0 aliphatic carbocycles. The van der Waals surface area contributed by atoms with Crippen molar-refractivity contribution in [3.63, 3.8) is 0 Å². The van der Waals surface area contributed by atoms with E-state index in [9.17, 15) is 28.1 Å². The average Bonchev–Trinajstić information content (AvgIpc) is 2.53. The monoisotopic (exact) mass is 374 g/mol. The molecule has 0 saturated carbocycles. The summed E-state index contributed by atoms with van der Waals surface area (Å²) < 4.78 is 43.1. The Bertz CT molecular complexity index is 840. The van der Waals surface area contributed by atoms with Crippen LogP contribution in [0.3, 0.4) is 0 Å². The van der Waals surface area contributed by atoms with Gasteiger partial charge in [-0.2, -0.15) is 13.2 Å². The highest BCUT2D eigenvalue weighted by molar-refractivity contribution is 6.31. The number of methoxy groups -OCH3 is 1. The Balaban J connectivity index is 2.40. The van der Waals surface area contributed by atoms with Gasteiger partial charge in [0.25, 0.3) is 11.6 Å². The highest BCUT2D eigenvalue weighted by Crippen LogP contribution is 2.35. The number of ether oxygens (including phenoxy) is 1. The van der Waals surface area contributed by atoms with Crippen LogP contribution in [0.2, 0.25) is 5.02 Å². The van der Waals surface area contributed by atoms with Gasteiger partial charge >= 0.3 is 6.18 Å². The second kappa shape index (κ2) is 6.98. The summed E-state index contributed by atoms with van der Waals surface area (Å²) in [6.45, 7) is 0. The first kappa shape index (κ1) is 18.5. The maximum absolute atomic E-state index is 12.7. The van der Waals surface area contributed by atoms with E-state index in [0.29, 0.717) is 17.2 Å². The zero-order chi connectivity index (χ0) is 18.8. The number of carbonyl (C=O) groups excluding carboxylic acids is 1. The Morgan fingerprint density at radius 1 is 1.24 bits per heavy atom. The molecule has 1 N–H and O–H groups in total. The van der Waals surface area contributed by atoms with E-state index in [1.807, 2.05) is 0 Å². The molecule has 0 aliphatic heterocycles. The van der Waals surface area contributed by atoms with Gasteiger partial charge in [-0.3, -0.25) is 14.9 Å². The third-order valence-electron chi connectivity index (χ3n) is 3.18. The standard InChI is InChI=1S/C15H10ClF3N2O4/c1-25-13-7-9(16)3-4-10(13)14(22)20-11-5-2-8(15(17,18)19)6-12(11)21(23)24/h2-7H,1H3,(H,20,22). The molecule has 10 heteroatoms. The van der Waals surface area contributed by atoms with Crippen molar-refractivity contribution in [1.82, 2.24) is 0 Å². The molecule has 0 bridgehead atoms. The summed E-state index contributed by atoms with van der Waals surface area (Å²) in [5, 5.41) is 13.5. The summed E-state index contributed by atoms with van der Waals surface area (Å²) in [6.07, 6.45) is -4.74. The van der Waals surface area contributed by atoms with Crippen molar-refractivity contribution < 1.29 is 27.6 Å². The number of amides is 1. The summed E-state index contributed by atoms with van der Waals surface area (Å²) in [7, 11) is 1.29. The largest absolute Gasteiger partial charge is 0.496 e. The third-order valence-corrected chi connectivity index (χ3v) is 3.41. The number of hydrogen-bond acceptors (Lipinski definition) is 4. The number of alkyl halides is 3. The smallest absolute Gasteiger partial charge is 0.416 e. The van der Waals surface area contributed by atoms with Crippen LogP contribution in [0.4, 0.5) is 24.5 Å². The lowest BCUT2D eigenvalue weighted by Crippen LogP contribution is -2.15. The fraction of sp³-hybridized carbons (Fsp3) is 0.133. The minimum Gasteiger partial charge on any atom is -0.496 e. The molecular weight excluding hydrogens is 365 g/mol. The van der Waals surface area contributed by atoms with E-state index in [1.54, 1.807) is 0 Å². The molecule has 0 atom stereocenters. The lowest BCUT2D eigenvalue weighted by Gasteiger charge is -2.11. The zero-order valence-electron chi connectivity index (χ0n) is 12.6. The topological polar surface area (TPSA) is 81.5 Å². The fourth-order valence-corrected chi connectivity index (χ4v) is 2.17. The van der Waals surface area contributed by atoms with Crippen LogP contribution < -0.4 is 10.1 Å². The minimum atomic E-state index is -4.74. The van der Waals surface area contributed by atoms with E-state index in [-0.39, 0.29) is 17.0 Å². The summed E-state index contributed by atoms with van der Waals surface area (Å²) in [5.74, 6) is -0.684. The van der Waals surface area contributed by atoms with E-state index in [4.69, 9.17) is 16.3 Å². The number of nitro groups is 1. The van der Waals surface area contributed by atoms with E-state index in [1.165, 1.54) is 25.3 Å². The second-order valence-corrected chi connectivity index (χ2v) is 5.22. The first-order chi connectivity index (χ1) is 11.6. The van der Waals surface area contributed by atoms with Gasteiger partial charge in [-0.05, 0) is 30.3 Å². The van der Waals surface area contributed by atoms with Crippen LogP contribution in [0.25, 0.3) is 0 Å². The molecule has 0 aromatic heterocycles. The third kappa shape index (κ3) is 4.18. The molecule has 6 nitrogen and oxygen atoms in total. The van der Waals surface area contributed by atoms with Crippen LogP contribution in [0.1, 0.15) is 15.9 Å². The van der Waals surface area contributed by atoms with Crippen molar-refractivity contribution in [2.75, 3.05) is 12.4 Å². The summed E-state index contributed by atoms with van der Waals surface area (Å²) in [4.78, 5) is 22.3. The number of nitro benzene ring substituents is 1. The van der Waals surface area contributed by atoms with Gasteiger partial charge in [0.1, 0.15) is 11.4 Å². The van der Waals surface area contributed by atoms with Crippen molar-refractivity contribution in [3.8, 4) is 5.75 Å².